The van der Waals surface area contributed by atoms with E-state index < -0.39 is 16.1 Å². The van der Waals surface area contributed by atoms with Gasteiger partial charge in [-0.2, -0.15) is 21.7 Å². The van der Waals surface area contributed by atoms with Crippen molar-refractivity contribution in [3.63, 3.8) is 0 Å². The second-order valence-electron chi connectivity index (χ2n) is 7.07. The van der Waals surface area contributed by atoms with E-state index in [1.165, 1.54) is 12.1 Å². The Hall–Kier alpha value is -2.61. The van der Waals surface area contributed by atoms with Crippen molar-refractivity contribution >= 4 is 33.5 Å². The maximum atomic E-state index is 13.2. The molecule has 0 radical (unpaired) electrons. The third-order valence-corrected chi connectivity index (χ3v) is 7.19. The highest BCUT2D eigenvalue weighted by Gasteiger charge is 2.31. The van der Waals surface area contributed by atoms with Gasteiger partial charge in [0.1, 0.15) is 17.9 Å². The minimum atomic E-state index is -3.80. The van der Waals surface area contributed by atoms with Crippen molar-refractivity contribution < 1.29 is 13.2 Å². The van der Waals surface area contributed by atoms with Crippen molar-refractivity contribution in [2.75, 3.05) is 43.1 Å². The first-order valence-corrected chi connectivity index (χ1v) is 12.8. The number of anilines is 1. The lowest BCUT2D eigenvalue weighted by molar-refractivity contribution is -0.133. The molecule has 1 atom stereocenters. The molecule has 1 aromatic carbocycles. The van der Waals surface area contributed by atoms with Crippen LogP contribution in [0.15, 0.2) is 53.6 Å². The SMILES string of the molecule is CSCCC(NS(=O)(=O)c1ccccc1)C(=O)N1CCN(c2ncccc2C#N)CC1. The molecule has 2 aromatic rings. The number of carbonyl (C=O) groups is 1. The summed E-state index contributed by atoms with van der Waals surface area (Å²) in [6, 6.07) is 12.8. The molecule has 1 aliphatic rings. The number of nitrogens with zero attached hydrogens (tertiary/aromatic N) is 4. The predicted octanol–water partition coefficient (Wildman–Crippen LogP) is 1.70. The van der Waals surface area contributed by atoms with Crippen molar-refractivity contribution in [3.8, 4) is 6.07 Å². The van der Waals surface area contributed by atoms with E-state index in [9.17, 15) is 18.5 Å². The molecule has 0 saturated carbocycles. The molecule has 0 aliphatic carbocycles. The summed E-state index contributed by atoms with van der Waals surface area (Å²) in [6.07, 6.45) is 3.97. The molecule has 10 heteroatoms. The topological polar surface area (TPSA) is 106 Å². The van der Waals surface area contributed by atoms with Crippen LogP contribution in [0.5, 0.6) is 0 Å². The Kier molecular flexibility index (Phi) is 7.90. The standard InChI is InChI=1S/C21H25N5O3S2/c1-30-15-9-19(24-31(28,29)18-7-3-2-4-8-18)21(27)26-13-11-25(12-14-26)20-17(16-22)6-5-10-23-20/h2-8,10,19,24H,9,11-15H2,1H3. The van der Waals surface area contributed by atoms with E-state index in [1.54, 1.807) is 53.2 Å². The number of sulfonamides is 1. The molecule has 1 unspecified atom stereocenters. The van der Waals surface area contributed by atoms with E-state index in [0.717, 1.165) is 0 Å². The van der Waals surface area contributed by atoms with Crippen LogP contribution in [0.1, 0.15) is 12.0 Å². The lowest BCUT2D eigenvalue weighted by Crippen LogP contribution is -2.55. The van der Waals surface area contributed by atoms with Crippen LogP contribution in [0.2, 0.25) is 0 Å². The molecule has 31 heavy (non-hydrogen) atoms. The monoisotopic (exact) mass is 459 g/mol. The van der Waals surface area contributed by atoms with Crippen LogP contribution >= 0.6 is 11.8 Å². The van der Waals surface area contributed by atoms with Crippen LogP contribution < -0.4 is 9.62 Å². The fraction of sp³-hybridized carbons (Fsp3) is 0.381. The number of piperazine rings is 1. The van der Waals surface area contributed by atoms with E-state index in [1.807, 2.05) is 11.2 Å². The molecule has 0 spiro atoms. The van der Waals surface area contributed by atoms with Crippen LogP contribution in [-0.2, 0) is 14.8 Å². The second-order valence-corrected chi connectivity index (χ2v) is 9.77. The number of thioether (sulfide) groups is 1. The second kappa shape index (κ2) is 10.6. The number of hydrogen-bond donors (Lipinski definition) is 1. The van der Waals surface area contributed by atoms with Gasteiger partial charge in [0.15, 0.2) is 0 Å². The lowest BCUT2D eigenvalue weighted by Gasteiger charge is -2.37. The zero-order chi connectivity index (χ0) is 22.3. The Morgan fingerprint density at radius 2 is 1.90 bits per heavy atom. The fourth-order valence-electron chi connectivity index (χ4n) is 3.42. The van der Waals surface area contributed by atoms with E-state index in [4.69, 9.17) is 0 Å². The van der Waals surface area contributed by atoms with Crippen molar-refractivity contribution in [1.82, 2.24) is 14.6 Å². The fourth-order valence-corrected chi connectivity index (χ4v) is 5.13. The highest BCUT2D eigenvalue weighted by Crippen LogP contribution is 2.19. The van der Waals surface area contributed by atoms with Crippen molar-refractivity contribution in [1.29, 1.82) is 5.26 Å². The molecule has 1 aliphatic heterocycles. The first-order chi connectivity index (χ1) is 15.0. The Labute approximate surface area is 187 Å². The van der Waals surface area contributed by atoms with Gasteiger partial charge in [0.2, 0.25) is 15.9 Å². The van der Waals surface area contributed by atoms with Crippen LogP contribution in [0.3, 0.4) is 0 Å². The number of nitrogens with one attached hydrogen (secondary N) is 1. The molecule has 0 bridgehead atoms. The number of hydrogen-bond acceptors (Lipinski definition) is 7. The summed E-state index contributed by atoms with van der Waals surface area (Å²) in [5.41, 5.74) is 0.496. The summed E-state index contributed by atoms with van der Waals surface area (Å²) in [4.78, 5) is 21.3. The maximum Gasteiger partial charge on any atom is 0.241 e. The lowest BCUT2D eigenvalue weighted by atomic mass is 10.2. The van der Waals surface area contributed by atoms with Crippen LogP contribution in [0.4, 0.5) is 5.82 Å². The van der Waals surface area contributed by atoms with Crippen LogP contribution in [0.25, 0.3) is 0 Å². The van der Waals surface area contributed by atoms with Gasteiger partial charge in [-0.05, 0) is 42.7 Å². The van der Waals surface area contributed by atoms with Gasteiger partial charge in [-0.3, -0.25) is 4.79 Å². The number of rotatable bonds is 8. The largest absolute Gasteiger partial charge is 0.352 e. The molecule has 1 amide bonds. The van der Waals surface area contributed by atoms with Crippen molar-refractivity contribution in [3.05, 3.63) is 54.2 Å². The molecule has 1 N–H and O–H groups in total. The quantitative estimate of drug-likeness (QED) is 0.640. The number of carbonyl (C=O) groups excluding carboxylic acids is 1. The number of aromatic nitrogens is 1. The Morgan fingerprint density at radius 1 is 1.19 bits per heavy atom. The van der Waals surface area contributed by atoms with Crippen LogP contribution in [-0.4, -0.2) is 68.4 Å². The average Bonchev–Trinajstić information content (AvgIpc) is 2.82. The highest BCUT2D eigenvalue weighted by molar-refractivity contribution is 7.98. The molecule has 2 heterocycles. The summed E-state index contributed by atoms with van der Waals surface area (Å²) in [6.45, 7) is 1.92. The summed E-state index contributed by atoms with van der Waals surface area (Å²) < 4.78 is 28.1. The van der Waals surface area contributed by atoms with Gasteiger partial charge in [0.05, 0.1) is 10.5 Å². The van der Waals surface area contributed by atoms with E-state index >= 15 is 0 Å². The van der Waals surface area contributed by atoms with Gasteiger partial charge in [-0.15, -0.1) is 0 Å². The molecular weight excluding hydrogens is 434 g/mol. The molecule has 8 nitrogen and oxygen atoms in total. The maximum absolute atomic E-state index is 13.2. The Bertz CT molecular complexity index is 1030. The van der Waals surface area contributed by atoms with Crippen molar-refractivity contribution in [2.45, 2.75) is 17.4 Å². The van der Waals surface area contributed by atoms with Gasteiger partial charge in [0, 0.05) is 32.4 Å². The summed E-state index contributed by atoms with van der Waals surface area (Å²) >= 11 is 1.56. The number of pyridine rings is 1. The molecule has 1 aromatic heterocycles. The summed E-state index contributed by atoms with van der Waals surface area (Å²) in [5, 5.41) is 9.30. The van der Waals surface area contributed by atoms with Gasteiger partial charge >= 0.3 is 0 Å². The van der Waals surface area contributed by atoms with Crippen LogP contribution in [0, 0.1) is 11.3 Å². The molecular formula is C21H25N5O3S2. The predicted molar refractivity (Wildman–Crippen MR) is 121 cm³/mol. The summed E-state index contributed by atoms with van der Waals surface area (Å²) in [7, 11) is -3.80. The van der Waals surface area contributed by atoms with Crippen molar-refractivity contribution in [2.24, 2.45) is 0 Å². The highest BCUT2D eigenvalue weighted by atomic mass is 32.2. The molecule has 1 saturated heterocycles. The smallest absolute Gasteiger partial charge is 0.241 e. The zero-order valence-electron chi connectivity index (χ0n) is 17.3. The van der Waals surface area contributed by atoms with E-state index in [-0.39, 0.29) is 10.8 Å². The Balaban J connectivity index is 1.69. The van der Waals surface area contributed by atoms with Gasteiger partial charge in [-0.25, -0.2) is 13.4 Å². The van der Waals surface area contributed by atoms with Gasteiger partial charge in [-0.1, -0.05) is 18.2 Å². The molecule has 164 valence electrons. The molecule has 1 fully saturated rings. The Morgan fingerprint density at radius 3 is 2.55 bits per heavy atom. The normalized spacial score (nSPS) is 15.4. The third kappa shape index (κ3) is 5.76. The van der Waals surface area contributed by atoms with E-state index in [0.29, 0.717) is 49.7 Å². The minimum Gasteiger partial charge on any atom is -0.352 e. The molecule has 3 rings (SSSR count). The van der Waals surface area contributed by atoms with E-state index in [2.05, 4.69) is 15.8 Å². The number of benzene rings is 1. The number of amides is 1. The third-order valence-electron chi connectivity index (χ3n) is 5.06. The van der Waals surface area contributed by atoms with Gasteiger partial charge in [0.25, 0.3) is 0 Å². The minimum absolute atomic E-state index is 0.140. The first kappa shape index (κ1) is 23.1. The average molecular weight is 460 g/mol. The zero-order valence-corrected chi connectivity index (χ0v) is 18.9. The number of nitriles is 1. The first-order valence-electron chi connectivity index (χ1n) is 9.91. The summed E-state index contributed by atoms with van der Waals surface area (Å²) in [5.74, 6) is 1.04. The van der Waals surface area contributed by atoms with Gasteiger partial charge < -0.3 is 9.80 Å².